The Balaban J connectivity index is -0.00000141. The Hall–Kier alpha value is -3.75. The Bertz CT molecular complexity index is 2780. The van der Waals surface area contributed by atoms with Crippen LogP contribution in [0, 0.1) is 10.8 Å². The van der Waals surface area contributed by atoms with Gasteiger partial charge in [-0.1, -0.05) is 55.4 Å². The fourth-order valence-electron chi connectivity index (χ4n) is 7.54. The van der Waals surface area contributed by atoms with Crippen LogP contribution in [-0.4, -0.2) is 228 Å². The van der Waals surface area contributed by atoms with Crippen LogP contribution in [0.4, 0.5) is 0 Å². The van der Waals surface area contributed by atoms with Gasteiger partial charge in [0.25, 0.3) is 0 Å². The Morgan fingerprint density at radius 1 is 0.266 bits per heavy atom. The van der Waals surface area contributed by atoms with Crippen LogP contribution in [0.25, 0.3) is 0 Å². The number of ether oxygens (including phenoxy) is 12. The average Bonchev–Trinajstić information content (AvgIpc) is 0.789. The summed E-state index contributed by atoms with van der Waals surface area (Å²) in [4.78, 5) is 179. The summed E-state index contributed by atoms with van der Waals surface area (Å²) in [6, 6.07) is 0. The van der Waals surface area contributed by atoms with Gasteiger partial charge in [0.1, 0.15) is 71.5 Å². The van der Waals surface area contributed by atoms with Crippen molar-refractivity contribution < 1.29 is 114 Å². The van der Waals surface area contributed by atoms with Gasteiger partial charge in [-0.3, -0.25) is 57.5 Å². The molecule has 12 atom stereocenters. The van der Waals surface area contributed by atoms with Crippen molar-refractivity contribution in [1.29, 1.82) is 0 Å². The number of aromatic nitrogens is 3. The topological polar surface area (TPSA) is 382 Å². The molecule has 0 saturated carbocycles. The Kier molecular flexibility index (Phi) is 61.0. The van der Waals surface area contributed by atoms with Gasteiger partial charge in [-0.2, -0.15) is 152 Å². The molecular weight excluding hydrogens is 1660 g/mol. The molecule has 0 aliphatic rings. The summed E-state index contributed by atoms with van der Waals surface area (Å²) in [6.45, 7) is 19.4. The zero-order chi connectivity index (χ0) is 84.5. The molecule has 0 radical (unpaired) electrons. The van der Waals surface area contributed by atoms with Gasteiger partial charge in [-0.05, 0) is 53.9 Å². The molecule has 0 spiro atoms. The standard InChI is InChI=1S/C21H36O8S4.C18H27N3O9S3.C18H32O6S3.C10H18O4S2/c1-13(30)5-17(22)26-9-21(10-27-18(23)6-14(2)31,11-28-19(24)7-15(3)32)12-29-20(25)8-16(4)33;1-10(31)13(22)28-7-4-19-16(25)20(5-8-29-14(23)11(2)32)18(27)21(17(19)26)6-9-30-15(24)12(3)33;1-5-18(9-22-15(19)6-12(2)25,10-23-16(20)7-13(3)26)11-24-17(21)8-14(4)27;1-7(15)9(11)13-5-3-4-6-14-10(12)8(2)16/h13-16,30-33H,5-12H2,1-4H3;10-12,31-33H,4-9H2,1-3H3;12-14,25-27H,5-11H2,1-4H3;7-8,15-16H,3-6H2,1-2H3. The number of carbonyl (C=O) groups excluding carboxylic acids is 12. The van der Waals surface area contributed by atoms with E-state index in [1.165, 1.54) is 20.8 Å². The van der Waals surface area contributed by atoms with E-state index in [0.29, 0.717) is 46.2 Å². The smallest absolute Gasteiger partial charge is 0.336 e. The van der Waals surface area contributed by atoms with Crippen LogP contribution in [0.1, 0.15) is 154 Å². The maximum Gasteiger partial charge on any atom is 0.336 e. The molecule has 12 unspecified atom stereocenters. The van der Waals surface area contributed by atoms with Crippen LogP contribution in [0.15, 0.2) is 14.4 Å². The van der Waals surface area contributed by atoms with Crippen LogP contribution >= 0.6 is 152 Å². The van der Waals surface area contributed by atoms with E-state index in [1.807, 2.05) is 6.92 Å². The van der Waals surface area contributed by atoms with E-state index >= 15 is 0 Å². The predicted molar refractivity (Wildman–Crippen MR) is 449 cm³/mol. The largest absolute Gasteiger partial charge is 0.465 e. The van der Waals surface area contributed by atoms with Crippen molar-refractivity contribution >= 4 is 223 Å². The first-order valence-corrected chi connectivity index (χ1v) is 40.8. The number of hydrogen-bond acceptors (Lipinski definition) is 39. The van der Waals surface area contributed by atoms with Crippen molar-refractivity contribution in [2.45, 2.75) is 237 Å². The number of unbranched alkanes of at least 4 members (excludes halogenated alkanes) is 1. The van der Waals surface area contributed by atoms with Crippen LogP contribution in [-0.2, 0) is 134 Å². The van der Waals surface area contributed by atoms with Crippen LogP contribution in [0.2, 0.25) is 0 Å². The second-order valence-corrected chi connectivity index (χ2v) is 35.6. The third kappa shape index (κ3) is 55.4. The lowest BCUT2D eigenvalue weighted by atomic mass is 9.88. The molecule has 0 fully saturated rings. The highest BCUT2D eigenvalue weighted by Gasteiger charge is 2.39. The molecule has 1 heterocycles. The third-order valence-electron chi connectivity index (χ3n) is 13.6. The molecule has 1 aromatic rings. The molecule has 0 saturated heterocycles. The number of nitrogens with zero attached hydrogens (tertiary/aromatic N) is 3. The zero-order valence-electron chi connectivity index (χ0n) is 63.8. The van der Waals surface area contributed by atoms with Crippen molar-refractivity contribution in [3.05, 3.63) is 31.5 Å². The van der Waals surface area contributed by atoms with Gasteiger partial charge in [-0.25, -0.2) is 28.1 Å². The molecule has 1 aromatic heterocycles. The summed E-state index contributed by atoms with van der Waals surface area (Å²) in [5.41, 5.74) is -5.04. The molecule has 630 valence electrons. The SMILES string of the molecule is CC(S)C(=O)OCCCCOC(=O)C(C)S.CC(S)C(=O)OCCn1c(=O)n(CCOC(=O)C(C)S)c(=O)n(CCOC(=O)C(C)S)c1=O.CC(S)CC(=O)OCC(COC(=O)CC(C)S)(COC(=O)CC(C)S)COC(=O)CC(C)S.CCC(COC(=O)CC(C)S)(COC(=O)CC(C)S)COC(=O)CC(C)S. The monoisotopic (exact) mass is 1780 g/mol. The molecule has 42 heteroatoms. The lowest BCUT2D eigenvalue weighted by molar-refractivity contribution is -0.171. The minimum absolute atomic E-state index is 0.0176. The molecule has 0 N–H and O–H groups in total. The van der Waals surface area contributed by atoms with E-state index in [9.17, 15) is 71.9 Å². The maximum atomic E-state index is 12.8. The predicted octanol–water partition coefficient (Wildman–Crippen LogP) is 6.36. The Morgan fingerprint density at radius 2 is 0.422 bits per heavy atom. The van der Waals surface area contributed by atoms with Crippen molar-refractivity contribution in [2.75, 3.05) is 79.3 Å². The van der Waals surface area contributed by atoms with Gasteiger partial charge in [0.05, 0.1) is 109 Å². The number of carbonyl (C=O) groups is 12. The second kappa shape index (κ2) is 60.8. The van der Waals surface area contributed by atoms with Crippen molar-refractivity contribution in [3.8, 4) is 0 Å². The van der Waals surface area contributed by atoms with E-state index in [4.69, 9.17) is 56.8 Å². The first kappa shape index (κ1) is 109. The van der Waals surface area contributed by atoms with E-state index in [2.05, 4.69) is 152 Å². The van der Waals surface area contributed by atoms with Gasteiger partial charge < -0.3 is 56.8 Å². The minimum Gasteiger partial charge on any atom is -0.465 e. The summed E-state index contributed by atoms with van der Waals surface area (Å²) in [5.74, 6) is -5.98. The normalized spacial score (nSPS) is 15.3. The minimum atomic E-state index is -1.30. The first-order valence-electron chi connectivity index (χ1n) is 34.6. The van der Waals surface area contributed by atoms with Crippen molar-refractivity contribution in [2.24, 2.45) is 10.8 Å². The van der Waals surface area contributed by atoms with Crippen LogP contribution in [0.3, 0.4) is 0 Å². The molecular formula is C67H113N3O27S12. The molecule has 0 bridgehead atoms. The van der Waals surface area contributed by atoms with Crippen LogP contribution < -0.4 is 17.1 Å². The maximum absolute atomic E-state index is 12.8. The molecule has 109 heavy (non-hydrogen) atoms. The van der Waals surface area contributed by atoms with E-state index in [-0.39, 0.29) is 179 Å². The molecule has 0 aliphatic heterocycles. The fourth-order valence-corrected chi connectivity index (χ4v) is 8.96. The summed E-state index contributed by atoms with van der Waals surface area (Å²) < 4.78 is 64.1. The summed E-state index contributed by atoms with van der Waals surface area (Å²) in [7, 11) is 0. The zero-order valence-corrected chi connectivity index (χ0v) is 74.6. The Labute approximate surface area is 704 Å². The fraction of sp³-hybridized carbons (Fsp3) is 0.776. The van der Waals surface area contributed by atoms with Gasteiger partial charge in [0, 0.05) is 36.7 Å². The Morgan fingerprint density at radius 3 is 0.569 bits per heavy atom. The highest BCUT2D eigenvalue weighted by Crippen LogP contribution is 2.27. The lowest BCUT2D eigenvalue weighted by Gasteiger charge is -2.32. The second-order valence-electron chi connectivity index (χ2n) is 25.6. The number of rotatable bonds is 48. The first-order chi connectivity index (χ1) is 50.6. The highest BCUT2D eigenvalue weighted by atomic mass is 32.1. The summed E-state index contributed by atoms with van der Waals surface area (Å²) >= 11 is 48.9. The van der Waals surface area contributed by atoms with E-state index < -0.39 is 114 Å². The van der Waals surface area contributed by atoms with Crippen molar-refractivity contribution in [1.82, 2.24) is 13.7 Å². The molecule has 0 amide bonds. The van der Waals surface area contributed by atoms with E-state index in [1.54, 1.807) is 62.3 Å². The summed E-state index contributed by atoms with van der Waals surface area (Å²) in [6.07, 6.45) is 2.50. The number of hydrogen-bond donors (Lipinski definition) is 12. The highest BCUT2D eigenvalue weighted by molar-refractivity contribution is 7.83. The van der Waals surface area contributed by atoms with Gasteiger partial charge in [-0.15, -0.1) is 0 Å². The quantitative estimate of drug-likeness (QED) is 0.0146. The molecule has 1 rings (SSSR count). The third-order valence-corrected chi connectivity index (χ3v) is 15.9. The van der Waals surface area contributed by atoms with Crippen LogP contribution in [0.5, 0.6) is 0 Å². The summed E-state index contributed by atoms with van der Waals surface area (Å²) in [5, 5.41) is -4.23. The number of esters is 12. The average molecular weight is 1780 g/mol. The lowest BCUT2D eigenvalue weighted by Crippen LogP contribution is -2.55. The van der Waals surface area contributed by atoms with Gasteiger partial charge in [0.15, 0.2) is 0 Å². The number of thiol groups is 12. The van der Waals surface area contributed by atoms with Gasteiger partial charge in [0.2, 0.25) is 0 Å². The molecule has 0 aliphatic carbocycles. The van der Waals surface area contributed by atoms with Crippen molar-refractivity contribution in [3.63, 3.8) is 0 Å². The molecule has 30 nitrogen and oxygen atoms in total. The van der Waals surface area contributed by atoms with Gasteiger partial charge >= 0.3 is 88.7 Å². The molecule has 0 aromatic carbocycles. The van der Waals surface area contributed by atoms with E-state index in [0.717, 1.165) is 0 Å².